The summed E-state index contributed by atoms with van der Waals surface area (Å²) in [5, 5.41) is 18.5. The fourth-order valence-electron chi connectivity index (χ4n) is 4.38. The van der Waals surface area contributed by atoms with E-state index in [0.717, 1.165) is 0 Å². The van der Waals surface area contributed by atoms with Gasteiger partial charge in [-0.3, -0.25) is 19.2 Å². The van der Waals surface area contributed by atoms with E-state index in [0.29, 0.717) is 77.3 Å². The Bertz CT molecular complexity index is 1060. The van der Waals surface area contributed by atoms with Crippen molar-refractivity contribution in [3.63, 3.8) is 0 Å². The number of carbonyl (C=O) groups is 4. The van der Waals surface area contributed by atoms with Crippen molar-refractivity contribution in [1.29, 1.82) is 0 Å². The first-order valence-corrected chi connectivity index (χ1v) is 15.4. The van der Waals surface area contributed by atoms with Crippen molar-refractivity contribution in [3.05, 3.63) is 22.0 Å². The first-order valence-electron chi connectivity index (χ1n) is 13.1. The number of allylic oxidation sites excluding steroid dienone is 4. The third-order valence-electron chi connectivity index (χ3n) is 7.18. The maximum absolute atomic E-state index is 13.1. The maximum Gasteiger partial charge on any atom is 0.309 e. The summed E-state index contributed by atoms with van der Waals surface area (Å²) in [4.78, 5) is 49.4. The van der Waals surface area contributed by atoms with Crippen LogP contribution in [-0.2, 0) is 19.2 Å². The van der Waals surface area contributed by atoms with Gasteiger partial charge in [0.2, 0.25) is 0 Å². The number of ketones is 2. The normalized spacial score (nSPS) is 20.9. The SMILES string of the molecule is CC(C)(CCCCC1=CC(=O)CC(CCC2=CC(=O)CC(CCCCC(C)(C)C(=O)O)=S2[O-])=S1[O-])C(=O)O. The van der Waals surface area contributed by atoms with Gasteiger partial charge in [0.05, 0.1) is 10.8 Å². The van der Waals surface area contributed by atoms with Crippen LogP contribution < -0.4 is 0 Å². The van der Waals surface area contributed by atoms with Crippen LogP contribution in [0.3, 0.4) is 0 Å². The summed E-state index contributed by atoms with van der Waals surface area (Å²) in [6, 6.07) is 0. The molecule has 0 aromatic rings. The summed E-state index contributed by atoms with van der Waals surface area (Å²) in [7, 11) is -2.89. The van der Waals surface area contributed by atoms with Crippen LogP contribution in [0.15, 0.2) is 22.0 Å². The number of carboxylic acid groups (broad SMARTS) is 2. The van der Waals surface area contributed by atoms with Crippen LogP contribution >= 0.6 is 21.5 Å². The monoisotopic (exact) mass is 568 g/mol. The Morgan fingerprint density at radius 3 is 1.55 bits per heavy atom. The van der Waals surface area contributed by atoms with Crippen molar-refractivity contribution in [3.8, 4) is 0 Å². The largest absolute Gasteiger partial charge is 0.799 e. The van der Waals surface area contributed by atoms with E-state index in [-0.39, 0.29) is 30.8 Å². The van der Waals surface area contributed by atoms with Gasteiger partial charge in [0.1, 0.15) is 0 Å². The number of hydrogen-bond acceptors (Lipinski definition) is 6. The zero-order valence-electron chi connectivity index (χ0n) is 22.8. The maximum atomic E-state index is 13.1. The minimum atomic E-state index is -1.45. The van der Waals surface area contributed by atoms with Crippen molar-refractivity contribution in [2.75, 3.05) is 0 Å². The third-order valence-corrected chi connectivity index (χ3v) is 10.5. The lowest BCUT2D eigenvalue weighted by atomic mass is 9.87. The van der Waals surface area contributed by atoms with Gasteiger partial charge in [-0.2, -0.15) is 0 Å². The summed E-state index contributed by atoms with van der Waals surface area (Å²) in [5.74, 6) is -1.98. The zero-order valence-corrected chi connectivity index (χ0v) is 24.4. The highest BCUT2D eigenvalue weighted by atomic mass is 32.2. The highest BCUT2D eigenvalue weighted by Crippen LogP contribution is 2.38. The van der Waals surface area contributed by atoms with Crippen LogP contribution in [0, 0.1) is 10.8 Å². The highest BCUT2D eigenvalue weighted by Gasteiger charge is 2.27. The van der Waals surface area contributed by atoms with Gasteiger partial charge >= 0.3 is 11.9 Å². The first-order chi connectivity index (χ1) is 17.6. The van der Waals surface area contributed by atoms with E-state index >= 15 is 0 Å². The van der Waals surface area contributed by atoms with Gasteiger partial charge in [0, 0.05) is 12.8 Å². The summed E-state index contributed by atoms with van der Waals surface area (Å²) in [6.45, 7) is 6.68. The second-order valence-corrected chi connectivity index (χ2v) is 14.7. The predicted octanol–water partition coefficient (Wildman–Crippen LogP) is 5.97. The topological polar surface area (TPSA) is 155 Å². The van der Waals surface area contributed by atoms with Gasteiger partial charge in [-0.05, 0) is 111 Å². The van der Waals surface area contributed by atoms with Gasteiger partial charge in [0.15, 0.2) is 11.6 Å². The van der Waals surface area contributed by atoms with Crippen molar-refractivity contribution >= 4 is 54.8 Å². The number of carbonyl (C=O) groups excluding carboxylic acids is 2. The van der Waals surface area contributed by atoms with Gasteiger partial charge < -0.3 is 19.3 Å². The molecule has 0 aromatic carbocycles. The van der Waals surface area contributed by atoms with Gasteiger partial charge in [-0.15, -0.1) is 0 Å². The smallest absolute Gasteiger partial charge is 0.309 e. The average Bonchev–Trinajstić information content (AvgIpc) is 2.82. The summed E-state index contributed by atoms with van der Waals surface area (Å²) < 4.78 is 26.2. The second-order valence-electron chi connectivity index (χ2n) is 11.4. The average molecular weight is 569 g/mol. The van der Waals surface area contributed by atoms with Crippen molar-refractivity contribution in [2.45, 2.75) is 105 Å². The molecule has 8 nitrogen and oxygen atoms in total. The molecule has 2 unspecified atom stereocenters. The van der Waals surface area contributed by atoms with Crippen molar-refractivity contribution < 1.29 is 38.5 Å². The molecule has 2 heterocycles. The Balaban J connectivity index is 1.98. The molecule has 10 heteroatoms. The molecular formula is C28H40O8S2-2. The number of unbranched alkanes of at least 4 members (excludes halogenated alkanes) is 2. The van der Waals surface area contributed by atoms with E-state index in [1.54, 1.807) is 27.7 Å². The molecule has 214 valence electrons. The van der Waals surface area contributed by atoms with E-state index in [4.69, 9.17) is 0 Å². The molecule has 0 saturated heterocycles. The molecular weight excluding hydrogens is 528 g/mol. The molecule has 0 aliphatic carbocycles. The Morgan fingerprint density at radius 2 is 1.11 bits per heavy atom. The Hall–Kier alpha value is -1.88. The number of carboxylic acids is 2. The minimum Gasteiger partial charge on any atom is -0.799 e. The lowest BCUT2D eigenvalue weighted by molar-refractivity contribution is -0.148. The van der Waals surface area contributed by atoms with Crippen LogP contribution in [0.4, 0.5) is 0 Å². The lowest BCUT2D eigenvalue weighted by Gasteiger charge is -2.31. The van der Waals surface area contributed by atoms with Crippen molar-refractivity contribution in [1.82, 2.24) is 0 Å². The zero-order chi connectivity index (χ0) is 28.7. The fraction of sp³-hybridized carbons (Fsp3) is 0.643. The Kier molecular flexibility index (Phi) is 11.9. The molecule has 0 aromatic heterocycles. The Labute approximate surface area is 230 Å². The van der Waals surface area contributed by atoms with Crippen LogP contribution in [0.5, 0.6) is 0 Å². The van der Waals surface area contributed by atoms with E-state index in [1.165, 1.54) is 12.2 Å². The molecule has 0 amide bonds. The molecule has 0 radical (unpaired) electrons. The van der Waals surface area contributed by atoms with E-state index < -0.39 is 44.3 Å². The Morgan fingerprint density at radius 1 is 0.711 bits per heavy atom. The molecule has 0 spiro atoms. The molecule has 2 atom stereocenters. The fourth-order valence-corrected chi connectivity index (χ4v) is 7.38. The van der Waals surface area contributed by atoms with E-state index in [9.17, 15) is 38.5 Å². The van der Waals surface area contributed by atoms with Crippen LogP contribution in [-0.4, -0.2) is 52.6 Å². The standard InChI is InChI=1S/C28H40O8S2/c1-27(2,25(31)32)13-7-5-9-21-15-19(29)17-23(37(21)35)11-12-24-18-20(30)16-22(38(24)36)10-6-8-14-28(3,4)26(33)34/h15,18H,5-14,16-17H2,1-4H3,(H2-2,31,32,33,34,35,36)/q-2. The molecule has 0 fully saturated rings. The quantitative estimate of drug-likeness (QED) is 0.181. The van der Waals surface area contributed by atoms with E-state index in [2.05, 4.69) is 0 Å². The predicted molar refractivity (Wildman–Crippen MR) is 151 cm³/mol. The number of hydrogen-bond donors (Lipinski definition) is 2. The third kappa shape index (κ3) is 9.39. The molecule has 2 rings (SSSR count). The second kappa shape index (κ2) is 14.0. The number of rotatable bonds is 15. The molecule has 0 bridgehead atoms. The summed E-state index contributed by atoms with van der Waals surface area (Å²) in [5.41, 5.74) is -1.66. The van der Waals surface area contributed by atoms with Gasteiger partial charge in [-0.25, -0.2) is 21.5 Å². The van der Waals surface area contributed by atoms with Gasteiger partial charge in [-0.1, -0.05) is 12.8 Å². The van der Waals surface area contributed by atoms with E-state index in [1.807, 2.05) is 0 Å². The first kappa shape index (κ1) is 32.3. The molecule has 2 N–H and O–H groups in total. The van der Waals surface area contributed by atoms with Crippen LogP contribution in [0.2, 0.25) is 0 Å². The van der Waals surface area contributed by atoms with Crippen LogP contribution in [0.1, 0.15) is 105 Å². The van der Waals surface area contributed by atoms with Crippen LogP contribution in [0.25, 0.3) is 0 Å². The molecule has 2 aliphatic rings. The molecule has 38 heavy (non-hydrogen) atoms. The summed E-state index contributed by atoms with van der Waals surface area (Å²) >= 11 is 0. The lowest BCUT2D eigenvalue weighted by Crippen LogP contribution is -2.23. The van der Waals surface area contributed by atoms with Gasteiger partial charge in [0.25, 0.3) is 0 Å². The van der Waals surface area contributed by atoms with Crippen molar-refractivity contribution in [2.24, 2.45) is 10.8 Å². The highest BCUT2D eigenvalue weighted by molar-refractivity contribution is 8.15. The minimum absolute atomic E-state index is 0.0615. The molecule has 2 aliphatic heterocycles. The molecule has 0 saturated carbocycles. The summed E-state index contributed by atoms with van der Waals surface area (Å²) in [6.07, 6.45) is 8.05. The number of aliphatic carboxylic acids is 2.